The Bertz CT molecular complexity index is 2590. The summed E-state index contributed by atoms with van der Waals surface area (Å²) in [5, 5.41) is 5.05. The molecule has 240 valence electrons. The molecule has 0 spiro atoms. The summed E-state index contributed by atoms with van der Waals surface area (Å²) in [7, 11) is 0. The van der Waals surface area contributed by atoms with Gasteiger partial charge in [0.15, 0.2) is 0 Å². The minimum atomic E-state index is 1.11. The lowest BCUT2D eigenvalue weighted by Gasteiger charge is -2.26. The third-order valence-corrected chi connectivity index (χ3v) is 9.84. The van der Waals surface area contributed by atoms with E-state index < -0.39 is 0 Å². The van der Waals surface area contributed by atoms with Crippen LogP contribution in [0, 0.1) is 0 Å². The fraction of sp³-hybridized carbons (Fsp3) is 0. The summed E-state index contributed by atoms with van der Waals surface area (Å²) < 4.78 is 0. The monoisotopic (exact) mass is 649 g/mol. The van der Waals surface area contributed by atoms with Crippen LogP contribution < -0.4 is 4.90 Å². The molecular formula is C50H35N. The van der Waals surface area contributed by atoms with E-state index in [-0.39, 0.29) is 0 Å². The van der Waals surface area contributed by atoms with E-state index in [1.54, 1.807) is 0 Å². The van der Waals surface area contributed by atoms with E-state index in [0.29, 0.717) is 0 Å². The highest BCUT2D eigenvalue weighted by Gasteiger charge is 2.19. The number of hydrogen-bond donors (Lipinski definition) is 0. The molecule has 0 heterocycles. The molecule has 9 rings (SSSR count). The summed E-state index contributed by atoms with van der Waals surface area (Å²) in [6.07, 6.45) is 0. The molecule has 0 N–H and O–H groups in total. The molecule has 1 heteroatoms. The average Bonchev–Trinajstić information content (AvgIpc) is 3.22. The summed E-state index contributed by atoms with van der Waals surface area (Å²) >= 11 is 0. The SMILES string of the molecule is c1ccc(-c2cccc(N(c3ccccc3)c3ccc(-c4ccc5c(c4)c(-c4ccccc4)c(-c4ccccc4)c4ccccc45)cc3)c2)cc1. The highest BCUT2D eigenvalue weighted by Crippen LogP contribution is 2.46. The van der Waals surface area contributed by atoms with Gasteiger partial charge < -0.3 is 4.90 Å². The first-order valence-electron chi connectivity index (χ1n) is 17.5. The second kappa shape index (κ2) is 13.3. The van der Waals surface area contributed by atoms with Crippen molar-refractivity contribution in [3.8, 4) is 44.5 Å². The van der Waals surface area contributed by atoms with Gasteiger partial charge in [-0.15, -0.1) is 0 Å². The van der Waals surface area contributed by atoms with Gasteiger partial charge >= 0.3 is 0 Å². The maximum Gasteiger partial charge on any atom is 0.0467 e. The lowest BCUT2D eigenvalue weighted by atomic mass is 9.84. The van der Waals surface area contributed by atoms with Crippen molar-refractivity contribution in [2.24, 2.45) is 0 Å². The fourth-order valence-electron chi connectivity index (χ4n) is 7.46. The topological polar surface area (TPSA) is 3.24 Å². The van der Waals surface area contributed by atoms with Gasteiger partial charge in [-0.2, -0.15) is 0 Å². The van der Waals surface area contributed by atoms with Gasteiger partial charge in [-0.3, -0.25) is 0 Å². The smallest absolute Gasteiger partial charge is 0.0467 e. The van der Waals surface area contributed by atoms with Crippen molar-refractivity contribution >= 4 is 38.6 Å². The number of fused-ring (bicyclic) bond motifs is 3. The van der Waals surface area contributed by atoms with Crippen LogP contribution in [0.5, 0.6) is 0 Å². The zero-order chi connectivity index (χ0) is 34.0. The van der Waals surface area contributed by atoms with Crippen LogP contribution in [0.4, 0.5) is 17.1 Å². The number of para-hydroxylation sites is 1. The molecule has 0 saturated heterocycles. The molecule has 0 radical (unpaired) electrons. The van der Waals surface area contributed by atoms with Crippen LogP contribution in [-0.4, -0.2) is 0 Å². The Labute approximate surface area is 299 Å². The zero-order valence-electron chi connectivity index (χ0n) is 28.2. The van der Waals surface area contributed by atoms with Gasteiger partial charge in [0, 0.05) is 17.1 Å². The van der Waals surface area contributed by atoms with Crippen molar-refractivity contribution < 1.29 is 0 Å². The normalized spacial score (nSPS) is 11.1. The third kappa shape index (κ3) is 5.75. The molecule has 0 aliphatic rings. The van der Waals surface area contributed by atoms with Gasteiger partial charge in [0.2, 0.25) is 0 Å². The number of rotatable bonds is 7. The molecule has 9 aromatic carbocycles. The van der Waals surface area contributed by atoms with Crippen LogP contribution in [0.2, 0.25) is 0 Å². The van der Waals surface area contributed by atoms with Gasteiger partial charge in [-0.25, -0.2) is 0 Å². The molecule has 0 bridgehead atoms. The van der Waals surface area contributed by atoms with Crippen LogP contribution >= 0.6 is 0 Å². The number of anilines is 3. The van der Waals surface area contributed by atoms with Gasteiger partial charge in [-0.1, -0.05) is 170 Å². The highest BCUT2D eigenvalue weighted by molar-refractivity contribution is 6.22. The minimum absolute atomic E-state index is 1.11. The van der Waals surface area contributed by atoms with Crippen LogP contribution in [0.1, 0.15) is 0 Å². The molecule has 51 heavy (non-hydrogen) atoms. The molecular weight excluding hydrogens is 615 g/mol. The van der Waals surface area contributed by atoms with Gasteiger partial charge in [-0.05, 0) is 109 Å². The molecule has 0 aromatic heterocycles. The predicted molar refractivity (Wildman–Crippen MR) is 218 cm³/mol. The Hall–Kier alpha value is -6.70. The van der Waals surface area contributed by atoms with Crippen LogP contribution in [-0.2, 0) is 0 Å². The summed E-state index contributed by atoms with van der Waals surface area (Å²) in [5.41, 5.74) is 13.1. The largest absolute Gasteiger partial charge is 0.310 e. The van der Waals surface area contributed by atoms with Crippen LogP contribution in [0.25, 0.3) is 66.1 Å². The van der Waals surface area contributed by atoms with Crippen molar-refractivity contribution in [2.45, 2.75) is 0 Å². The van der Waals surface area contributed by atoms with E-state index in [2.05, 4.69) is 217 Å². The van der Waals surface area contributed by atoms with Crippen LogP contribution in [0.3, 0.4) is 0 Å². The van der Waals surface area contributed by atoms with E-state index >= 15 is 0 Å². The van der Waals surface area contributed by atoms with Crippen LogP contribution in [0.15, 0.2) is 212 Å². The number of hydrogen-bond acceptors (Lipinski definition) is 1. The Morgan fingerprint density at radius 2 is 0.627 bits per heavy atom. The highest BCUT2D eigenvalue weighted by atomic mass is 15.1. The van der Waals surface area contributed by atoms with Crippen molar-refractivity contribution in [1.29, 1.82) is 0 Å². The minimum Gasteiger partial charge on any atom is -0.310 e. The van der Waals surface area contributed by atoms with E-state index in [9.17, 15) is 0 Å². The lowest BCUT2D eigenvalue weighted by molar-refractivity contribution is 1.28. The fourth-order valence-corrected chi connectivity index (χ4v) is 7.46. The first-order valence-corrected chi connectivity index (χ1v) is 17.5. The number of benzene rings is 9. The lowest BCUT2D eigenvalue weighted by Crippen LogP contribution is -2.09. The zero-order valence-corrected chi connectivity index (χ0v) is 28.2. The molecule has 0 amide bonds. The second-order valence-corrected chi connectivity index (χ2v) is 12.9. The molecule has 1 nitrogen and oxygen atoms in total. The Kier molecular flexibility index (Phi) is 7.92. The first-order chi connectivity index (χ1) is 25.3. The average molecular weight is 650 g/mol. The van der Waals surface area contributed by atoms with Crippen molar-refractivity contribution in [1.82, 2.24) is 0 Å². The van der Waals surface area contributed by atoms with Gasteiger partial charge in [0.25, 0.3) is 0 Å². The quantitative estimate of drug-likeness (QED) is 0.155. The standard InChI is InChI=1S/C50H35N/c1-5-16-36(17-6-1)40-22-15-25-44(34-40)51(42-23-11-4-12-24-42)43-31-28-37(29-32-43)41-30-33-46-45-26-13-14-27-47(45)49(38-18-7-2-8-19-38)50(48(46)35-41)39-20-9-3-10-21-39/h1-35H. The molecule has 0 unspecified atom stereocenters. The summed E-state index contributed by atoms with van der Waals surface area (Å²) in [5.74, 6) is 0. The first kappa shape index (κ1) is 30.4. The van der Waals surface area contributed by atoms with E-state index in [0.717, 1.165) is 17.1 Å². The summed E-state index contributed by atoms with van der Waals surface area (Å²) in [6.45, 7) is 0. The Morgan fingerprint density at radius 1 is 0.216 bits per heavy atom. The third-order valence-electron chi connectivity index (χ3n) is 9.84. The molecule has 0 aliphatic carbocycles. The van der Waals surface area contributed by atoms with Crippen molar-refractivity contribution in [3.63, 3.8) is 0 Å². The maximum atomic E-state index is 2.39. The Balaban J connectivity index is 1.19. The van der Waals surface area contributed by atoms with Crippen molar-refractivity contribution in [3.05, 3.63) is 212 Å². The molecule has 0 saturated carbocycles. The summed E-state index contributed by atoms with van der Waals surface area (Å²) in [6, 6.07) is 76.5. The van der Waals surface area contributed by atoms with Gasteiger partial charge in [0.1, 0.15) is 0 Å². The summed E-state index contributed by atoms with van der Waals surface area (Å²) in [4.78, 5) is 2.34. The molecule has 0 aliphatic heterocycles. The van der Waals surface area contributed by atoms with E-state index in [1.165, 1.54) is 66.1 Å². The molecule has 9 aromatic rings. The molecule has 0 fully saturated rings. The van der Waals surface area contributed by atoms with E-state index in [4.69, 9.17) is 0 Å². The number of nitrogens with zero attached hydrogens (tertiary/aromatic N) is 1. The predicted octanol–water partition coefficient (Wildman–Crippen LogP) is 14.1. The second-order valence-electron chi connectivity index (χ2n) is 12.9. The van der Waals surface area contributed by atoms with E-state index in [1.807, 2.05) is 0 Å². The Morgan fingerprint density at radius 3 is 1.27 bits per heavy atom. The maximum absolute atomic E-state index is 2.39. The van der Waals surface area contributed by atoms with Gasteiger partial charge in [0.05, 0.1) is 0 Å². The van der Waals surface area contributed by atoms with Crippen molar-refractivity contribution in [2.75, 3.05) is 4.90 Å². The molecule has 0 atom stereocenters.